The minimum Gasteiger partial charge on any atom is -0.497 e. The number of hydrogen-bond donors (Lipinski definition) is 2. The highest BCUT2D eigenvalue weighted by atomic mass is 16.5. The number of anilines is 2. The lowest BCUT2D eigenvalue weighted by Crippen LogP contribution is -2.27. The maximum atomic E-state index is 12.2. The highest BCUT2D eigenvalue weighted by molar-refractivity contribution is 5.97. The normalized spacial score (nSPS) is 10.7. The first kappa shape index (κ1) is 19.9. The summed E-state index contributed by atoms with van der Waals surface area (Å²) >= 11 is 0. The summed E-state index contributed by atoms with van der Waals surface area (Å²) in [5.41, 5.74) is 2.99. The van der Waals surface area contributed by atoms with Crippen LogP contribution in [0.25, 0.3) is 0 Å². The molecule has 27 heavy (non-hydrogen) atoms. The van der Waals surface area contributed by atoms with Crippen LogP contribution in [0.15, 0.2) is 60.3 Å². The molecule has 0 atom stereocenters. The molecule has 0 radical (unpaired) electrons. The molecule has 0 aliphatic carbocycles. The number of rotatable bonds is 8. The van der Waals surface area contributed by atoms with Crippen LogP contribution in [0.2, 0.25) is 0 Å². The van der Waals surface area contributed by atoms with Crippen molar-refractivity contribution in [3.8, 4) is 11.8 Å². The molecule has 6 heteroatoms. The fourth-order valence-electron chi connectivity index (χ4n) is 2.37. The van der Waals surface area contributed by atoms with Crippen molar-refractivity contribution >= 4 is 17.3 Å². The van der Waals surface area contributed by atoms with Crippen LogP contribution in [0.1, 0.15) is 5.56 Å². The standard InChI is InChI=1S/C21H24N4O2/c1-25(2)19-8-6-18(7-9-19)24-15-17(14-22)21(26)23-13-12-16-4-10-20(27-3)11-5-16/h4-11,15,24H,12-13H2,1-3H3,(H,23,26)/b17-15-. The molecule has 0 aromatic heterocycles. The van der Waals surface area contributed by atoms with Gasteiger partial charge in [-0.1, -0.05) is 12.1 Å². The van der Waals surface area contributed by atoms with E-state index in [4.69, 9.17) is 4.74 Å². The van der Waals surface area contributed by atoms with E-state index in [1.165, 1.54) is 6.20 Å². The van der Waals surface area contributed by atoms with Gasteiger partial charge in [-0.3, -0.25) is 4.79 Å². The molecule has 2 N–H and O–H groups in total. The first-order valence-corrected chi connectivity index (χ1v) is 8.59. The van der Waals surface area contributed by atoms with Crippen LogP contribution in [0.3, 0.4) is 0 Å². The number of carbonyl (C=O) groups is 1. The summed E-state index contributed by atoms with van der Waals surface area (Å²) in [6, 6.07) is 17.3. The van der Waals surface area contributed by atoms with Gasteiger partial charge in [0, 0.05) is 38.2 Å². The van der Waals surface area contributed by atoms with Crippen molar-refractivity contribution in [3.63, 3.8) is 0 Å². The van der Waals surface area contributed by atoms with Crippen LogP contribution >= 0.6 is 0 Å². The number of nitrogens with zero attached hydrogens (tertiary/aromatic N) is 2. The lowest BCUT2D eigenvalue weighted by Gasteiger charge is -2.12. The number of hydrogen-bond acceptors (Lipinski definition) is 5. The van der Waals surface area contributed by atoms with Gasteiger partial charge in [-0.05, 0) is 48.4 Å². The van der Waals surface area contributed by atoms with Gasteiger partial charge in [0.15, 0.2) is 0 Å². The average Bonchev–Trinajstić information content (AvgIpc) is 2.69. The Balaban J connectivity index is 1.86. The smallest absolute Gasteiger partial charge is 0.263 e. The fraction of sp³-hybridized carbons (Fsp3) is 0.238. The number of nitrogens with one attached hydrogen (secondary N) is 2. The molecular formula is C21H24N4O2. The molecule has 0 saturated heterocycles. The van der Waals surface area contributed by atoms with E-state index in [-0.39, 0.29) is 5.57 Å². The third-order valence-corrected chi connectivity index (χ3v) is 3.99. The second-order valence-corrected chi connectivity index (χ2v) is 6.11. The van der Waals surface area contributed by atoms with Crippen molar-refractivity contribution < 1.29 is 9.53 Å². The molecule has 0 fully saturated rings. The molecule has 2 aromatic rings. The van der Waals surface area contributed by atoms with E-state index >= 15 is 0 Å². The molecule has 0 spiro atoms. The maximum absolute atomic E-state index is 12.2. The summed E-state index contributed by atoms with van der Waals surface area (Å²) in [6.07, 6.45) is 2.10. The molecule has 0 unspecified atom stereocenters. The van der Waals surface area contributed by atoms with Crippen LogP contribution in [0.4, 0.5) is 11.4 Å². The Hall–Kier alpha value is -3.46. The van der Waals surface area contributed by atoms with Gasteiger partial charge in [0.05, 0.1) is 7.11 Å². The Kier molecular flexibility index (Phi) is 7.26. The summed E-state index contributed by atoms with van der Waals surface area (Å²) in [6.45, 7) is 0.446. The van der Waals surface area contributed by atoms with E-state index in [9.17, 15) is 10.1 Å². The predicted molar refractivity (Wildman–Crippen MR) is 108 cm³/mol. The third-order valence-electron chi connectivity index (χ3n) is 3.99. The molecule has 0 aliphatic rings. The topological polar surface area (TPSA) is 77.4 Å². The van der Waals surface area contributed by atoms with Gasteiger partial charge < -0.3 is 20.3 Å². The molecule has 0 bridgehead atoms. The maximum Gasteiger partial charge on any atom is 0.263 e. The van der Waals surface area contributed by atoms with Crippen molar-refractivity contribution in [2.24, 2.45) is 0 Å². The van der Waals surface area contributed by atoms with Crippen molar-refractivity contribution in [1.82, 2.24) is 5.32 Å². The lowest BCUT2D eigenvalue weighted by molar-refractivity contribution is -0.117. The fourth-order valence-corrected chi connectivity index (χ4v) is 2.37. The Labute approximate surface area is 160 Å². The van der Waals surface area contributed by atoms with Gasteiger partial charge in [-0.2, -0.15) is 5.26 Å². The number of ether oxygens (including phenoxy) is 1. The second-order valence-electron chi connectivity index (χ2n) is 6.11. The van der Waals surface area contributed by atoms with E-state index in [0.717, 1.165) is 22.7 Å². The van der Waals surface area contributed by atoms with E-state index in [2.05, 4.69) is 10.6 Å². The SMILES string of the molecule is COc1ccc(CCNC(=O)/C(C#N)=C\Nc2ccc(N(C)C)cc2)cc1. The monoisotopic (exact) mass is 364 g/mol. The van der Waals surface area contributed by atoms with Gasteiger partial charge in [0.1, 0.15) is 17.4 Å². The van der Waals surface area contributed by atoms with E-state index in [1.807, 2.05) is 73.6 Å². The molecule has 2 aromatic carbocycles. The molecule has 0 heterocycles. The van der Waals surface area contributed by atoms with E-state index in [0.29, 0.717) is 13.0 Å². The van der Waals surface area contributed by atoms with Crippen LogP contribution in [-0.2, 0) is 11.2 Å². The van der Waals surface area contributed by atoms with Crippen molar-refractivity contribution in [2.75, 3.05) is 38.0 Å². The highest BCUT2D eigenvalue weighted by Crippen LogP contribution is 2.16. The molecular weight excluding hydrogens is 340 g/mol. The van der Waals surface area contributed by atoms with Gasteiger partial charge in [-0.15, -0.1) is 0 Å². The van der Waals surface area contributed by atoms with Gasteiger partial charge >= 0.3 is 0 Å². The number of amides is 1. The third kappa shape index (κ3) is 6.08. The van der Waals surface area contributed by atoms with E-state index in [1.54, 1.807) is 7.11 Å². The Morgan fingerprint density at radius 1 is 1.15 bits per heavy atom. The Morgan fingerprint density at radius 2 is 1.81 bits per heavy atom. The summed E-state index contributed by atoms with van der Waals surface area (Å²) in [5.74, 6) is 0.394. The van der Waals surface area contributed by atoms with Crippen molar-refractivity contribution in [3.05, 3.63) is 65.9 Å². The van der Waals surface area contributed by atoms with Gasteiger partial charge in [0.25, 0.3) is 5.91 Å². The van der Waals surface area contributed by atoms with Gasteiger partial charge in [-0.25, -0.2) is 0 Å². The largest absolute Gasteiger partial charge is 0.497 e. The quantitative estimate of drug-likeness (QED) is 0.556. The average molecular weight is 364 g/mol. The zero-order chi connectivity index (χ0) is 19.6. The first-order valence-electron chi connectivity index (χ1n) is 8.59. The van der Waals surface area contributed by atoms with Crippen molar-refractivity contribution in [2.45, 2.75) is 6.42 Å². The zero-order valence-electron chi connectivity index (χ0n) is 15.8. The minimum absolute atomic E-state index is 0.0291. The second kappa shape index (κ2) is 9.88. The molecule has 0 aliphatic heterocycles. The van der Waals surface area contributed by atoms with Crippen LogP contribution in [0.5, 0.6) is 5.75 Å². The molecule has 1 amide bonds. The summed E-state index contributed by atoms with van der Waals surface area (Å²) in [5, 5.41) is 15.0. The molecule has 6 nitrogen and oxygen atoms in total. The Morgan fingerprint density at radius 3 is 2.37 bits per heavy atom. The molecule has 0 saturated carbocycles. The number of methoxy groups -OCH3 is 1. The van der Waals surface area contributed by atoms with Crippen LogP contribution in [0, 0.1) is 11.3 Å². The summed E-state index contributed by atoms with van der Waals surface area (Å²) in [7, 11) is 5.55. The highest BCUT2D eigenvalue weighted by Gasteiger charge is 2.08. The van der Waals surface area contributed by atoms with Gasteiger partial charge in [0.2, 0.25) is 0 Å². The first-order chi connectivity index (χ1) is 13.0. The van der Waals surface area contributed by atoms with Crippen LogP contribution in [-0.4, -0.2) is 33.7 Å². The summed E-state index contributed by atoms with van der Waals surface area (Å²) in [4.78, 5) is 14.2. The van der Waals surface area contributed by atoms with Crippen molar-refractivity contribution in [1.29, 1.82) is 5.26 Å². The lowest BCUT2D eigenvalue weighted by atomic mass is 10.1. The molecule has 2 rings (SSSR count). The molecule has 140 valence electrons. The van der Waals surface area contributed by atoms with Crippen LogP contribution < -0.4 is 20.3 Å². The number of benzene rings is 2. The summed E-state index contributed by atoms with van der Waals surface area (Å²) < 4.78 is 5.12. The Bertz CT molecular complexity index is 819. The van der Waals surface area contributed by atoms with E-state index < -0.39 is 5.91 Å². The number of carbonyl (C=O) groups excluding carboxylic acids is 1. The number of nitriles is 1. The predicted octanol–water partition coefficient (Wildman–Crippen LogP) is 2.94. The zero-order valence-corrected chi connectivity index (χ0v) is 15.8. The minimum atomic E-state index is -0.400.